The first-order valence-corrected chi connectivity index (χ1v) is 9.99. The second kappa shape index (κ2) is 10.5. The van der Waals surface area contributed by atoms with Crippen LogP contribution in [0, 0.1) is 5.41 Å². The van der Waals surface area contributed by atoms with E-state index in [2.05, 4.69) is 5.32 Å². The van der Waals surface area contributed by atoms with Gasteiger partial charge in [-0.05, 0) is 78.1 Å². The van der Waals surface area contributed by atoms with Gasteiger partial charge in [0.25, 0.3) is 0 Å². The van der Waals surface area contributed by atoms with Crippen LogP contribution in [-0.2, 0) is 16.0 Å². The molecule has 0 saturated heterocycles. The van der Waals surface area contributed by atoms with E-state index in [9.17, 15) is 14.7 Å². The summed E-state index contributed by atoms with van der Waals surface area (Å²) >= 11 is 0. The number of carbonyl (C=O) groups excluding carboxylic acids is 2. The Labute approximate surface area is 179 Å². The number of amides is 1. The molecule has 0 aliphatic carbocycles. The molecule has 168 valence electrons. The Morgan fingerprint density at radius 2 is 1.77 bits per heavy atom. The van der Waals surface area contributed by atoms with Gasteiger partial charge in [0, 0.05) is 6.54 Å². The Balaban J connectivity index is 3.13. The normalized spacial score (nSPS) is 13.1. The summed E-state index contributed by atoms with van der Waals surface area (Å²) < 4.78 is 16.2. The Hall–Kier alpha value is -2.54. The van der Waals surface area contributed by atoms with Crippen molar-refractivity contribution in [3.05, 3.63) is 29.3 Å². The van der Waals surface area contributed by atoms with Crippen molar-refractivity contribution in [3.8, 4) is 11.5 Å². The Morgan fingerprint density at radius 3 is 2.27 bits per heavy atom. The molecule has 0 spiro atoms. The second-order valence-electron chi connectivity index (χ2n) is 9.12. The Bertz CT molecular complexity index is 769. The number of hydrogen-bond acceptors (Lipinski definition) is 6. The van der Waals surface area contributed by atoms with Crippen molar-refractivity contribution in [1.29, 1.82) is 0 Å². The summed E-state index contributed by atoms with van der Waals surface area (Å²) in [5, 5.41) is 12.3. The highest BCUT2D eigenvalue weighted by Gasteiger charge is 2.25. The van der Waals surface area contributed by atoms with Crippen LogP contribution < -0.4 is 14.8 Å². The minimum atomic E-state index is -0.672. The van der Waals surface area contributed by atoms with Crippen molar-refractivity contribution in [2.45, 2.75) is 66.6 Å². The van der Waals surface area contributed by atoms with Crippen LogP contribution >= 0.6 is 0 Å². The lowest BCUT2D eigenvalue weighted by Gasteiger charge is -2.20. The van der Waals surface area contributed by atoms with Gasteiger partial charge in [-0.1, -0.05) is 12.2 Å². The van der Waals surface area contributed by atoms with Crippen LogP contribution in [0.2, 0.25) is 0 Å². The van der Waals surface area contributed by atoms with Crippen LogP contribution in [0.4, 0.5) is 4.79 Å². The predicted molar refractivity (Wildman–Crippen MR) is 117 cm³/mol. The molecule has 1 amide bonds. The molecule has 1 aromatic rings. The van der Waals surface area contributed by atoms with Crippen LogP contribution in [-0.4, -0.2) is 42.5 Å². The number of esters is 1. The molecule has 0 aromatic heterocycles. The summed E-state index contributed by atoms with van der Waals surface area (Å²) in [6.45, 7) is 12.7. The van der Waals surface area contributed by atoms with Gasteiger partial charge >= 0.3 is 12.1 Å². The third kappa shape index (κ3) is 8.86. The molecule has 1 atom stereocenters. The molecule has 7 heteroatoms. The number of alkyl carbamates (subject to hydrolysis) is 1. The molecule has 0 aliphatic rings. The van der Waals surface area contributed by atoms with Gasteiger partial charge in [-0.3, -0.25) is 4.79 Å². The average Bonchev–Trinajstić information content (AvgIpc) is 2.58. The van der Waals surface area contributed by atoms with Gasteiger partial charge in [-0.2, -0.15) is 0 Å². The number of carbonyl (C=O) groups is 2. The molecular formula is C23H35NO6. The fraction of sp³-hybridized carbons (Fsp3) is 0.565. The van der Waals surface area contributed by atoms with E-state index in [4.69, 9.17) is 14.2 Å². The maximum absolute atomic E-state index is 12.4. The largest absolute Gasteiger partial charge is 0.493 e. The van der Waals surface area contributed by atoms with Crippen LogP contribution in [0.25, 0.3) is 6.08 Å². The number of aliphatic hydroxyl groups is 1. The lowest BCUT2D eigenvalue weighted by Crippen LogP contribution is -2.33. The summed E-state index contributed by atoms with van der Waals surface area (Å²) in [6, 6.07) is 3.47. The van der Waals surface area contributed by atoms with Crippen molar-refractivity contribution >= 4 is 18.1 Å². The third-order valence-corrected chi connectivity index (χ3v) is 3.86. The summed E-state index contributed by atoms with van der Waals surface area (Å²) in [5.41, 5.74) is 0.354. The molecule has 1 aromatic carbocycles. The zero-order valence-electron chi connectivity index (χ0n) is 19.3. The Morgan fingerprint density at radius 1 is 1.13 bits per heavy atom. The molecule has 2 N–H and O–H groups in total. The molecule has 0 saturated carbocycles. The van der Waals surface area contributed by atoms with E-state index in [1.165, 1.54) is 7.11 Å². The summed E-state index contributed by atoms with van der Waals surface area (Å²) in [5.74, 6) is 0.325. The first-order valence-electron chi connectivity index (χ1n) is 9.99. The number of benzene rings is 1. The predicted octanol–water partition coefficient (Wildman–Crippen LogP) is 4.11. The minimum Gasteiger partial charge on any atom is -0.493 e. The Kier molecular flexibility index (Phi) is 8.90. The molecule has 0 radical (unpaired) electrons. The highest BCUT2D eigenvalue weighted by molar-refractivity contribution is 5.79. The van der Waals surface area contributed by atoms with Crippen molar-refractivity contribution in [1.82, 2.24) is 5.32 Å². The first kappa shape index (κ1) is 25.5. The van der Waals surface area contributed by atoms with E-state index in [-0.39, 0.29) is 5.97 Å². The number of rotatable bonds is 7. The van der Waals surface area contributed by atoms with Gasteiger partial charge in [0.05, 0.1) is 18.6 Å². The molecule has 7 nitrogen and oxygen atoms in total. The monoisotopic (exact) mass is 421 g/mol. The van der Waals surface area contributed by atoms with E-state index in [0.29, 0.717) is 24.5 Å². The SMILES string of the molecule is COc1cc(/C=C/[C@H](C)O)c(CCNC(=O)OC(C)(C)C)cc1OC(=O)C(C)(C)C. The molecular weight excluding hydrogens is 386 g/mol. The van der Waals surface area contributed by atoms with Gasteiger partial charge < -0.3 is 24.6 Å². The van der Waals surface area contributed by atoms with Crippen LogP contribution in [0.5, 0.6) is 11.5 Å². The maximum Gasteiger partial charge on any atom is 0.407 e. The smallest absolute Gasteiger partial charge is 0.407 e. The quantitative estimate of drug-likeness (QED) is 0.508. The average molecular weight is 422 g/mol. The van der Waals surface area contributed by atoms with Crippen molar-refractivity contribution < 1.29 is 28.9 Å². The number of ether oxygens (including phenoxy) is 3. The van der Waals surface area contributed by atoms with Crippen molar-refractivity contribution in [2.24, 2.45) is 5.41 Å². The van der Waals surface area contributed by atoms with Gasteiger partial charge in [0.15, 0.2) is 11.5 Å². The summed E-state index contributed by atoms with van der Waals surface area (Å²) in [6.07, 6.45) is 2.74. The van der Waals surface area contributed by atoms with E-state index in [1.807, 2.05) is 0 Å². The number of methoxy groups -OCH3 is 1. The van der Waals surface area contributed by atoms with E-state index in [0.717, 1.165) is 11.1 Å². The van der Waals surface area contributed by atoms with Crippen molar-refractivity contribution in [2.75, 3.05) is 13.7 Å². The third-order valence-electron chi connectivity index (χ3n) is 3.86. The second-order valence-corrected chi connectivity index (χ2v) is 9.12. The standard InChI is InChI=1S/C23H35NO6/c1-15(25)9-10-16-13-18(28-8)19(29-20(26)22(2,3)4)14-17(16)11-12-24-21(27)30-23(5,6)7/h9-10,13-15,25H,11-12H2,1-8H3,(H,24,27)/b10-9+/t15-/m0/s1. The zero-order valence-corrected chi connectivity index (χ0v) is 19.3. The fourth-order valence-corrected chi connectivity index (χ4v) is 2.34. The number of hydrogen-bond donors (Lipinski definition) is 2. The first-order chi connectivity index (χ1) is 13.7. The highest BCUT2D eigenvalue weighted by Crippen LogP contribution is 2.33. The highest BCUT2D eigenvalue weighted by atomic mass is 16.6. The lowest BCUT2D eigenvalue weighted by atomic mass is 9.97. The zero-order chi connectivity index (χ0) is 23.1. The van der Waals surface area contributed by atoms with Crippen LogP contribution in [0.3, 0.4) is 0 Å². The van der Waals surface area contributed by atoms with Gasteiger partial charge in [-0.25, -0.2) is 4.79 Å². The maximum atomic E-state index is 12.4. The number of aliphatic hydroxyl groups excluding tert-OH is 1. The fourth-order valence-electron chi connectivity index (χ4n) is 2.34. The van der Waals surface area contributed by atoms with Gasteiger partial charge in [-0.15, -0.1) is 0 Å². The molecule has 30 heavy (non-hydrogen) atoms. The molecule has 0 unspecified atom stereocenters. The van der Waals surface area contributed by atoms with Crippen LogP contribution in [0.15, 0.2) is 18.2 Å². The van der Waals surface area contributed by atoms with Gasteiger partial charge in [0.2, 0.25) is 0 Å². The molecule has 0 bridgehead atoms. The number of nitrogens with one attached hydrogen (secondary N) is 1. The molecule has 0 heterocycles. The van der Waals surface area contributed by atoms with Crippen LogP contribution in [0.1, 0.15) is 59.6 Å². The molecule has 0 aliphatic heterocycles. The topological polar surface area (TPSA) is 94.1 Å². The van der Waals surface area contributed by atoms with E-state index in [1.54, 1.807) is 72.8 Å². The minimum absolute atomic E-state index is 0.305. The lowest BCUT2D eigenvalue weighted by molar-refractivity contribution is -0.143. The molecule has 1 rings (SSSR count). The molecule has 0 fully saturated rings. The van der Waals surface area contributed by atoms with E-state index < -0.39 is 23.2 Å². The van der Waals surface area contributed by atoms with Crippen molar-refractivity contribution in [3.63, 3.8) is 0 Å². The summed E-state index contributed by atoms with van der Waals surface area (Å²) in [7, 11) is 1.50. The van der Waals surface area contributed by atoms with E-state index >= 15 is 0 Å². The van der Waals surface area contributed by atoms with Gasteiger partial charge in [0.1, 0.15) is 5.60 Å². The summed E-state index contributed by atoms with van der Waals surface area (Å²) in [4.78, 5) is 24.3.